The number of likely N-dealkylation sites (tertiary alicyclic amines) is 1. The molecule has 0 aromatic rings. The van der Waals surface area contributed by atoms with Gasteiger partial charge >= 0.3 is 0 Å². The third-order valence-corrected chi connectivity index (χ3v) is 2.00. The molecule has 1 rings (SSSR count). The maximum Gasteiger partial charge on any atom is 0.254 e. The van der Waals surface area contributed by atoms with E-state index < -0.39 is 5.60 Å². The van der Waals surface area contributed by atoms with E-state index in [1.165, 1.54) is 0 Å². The molecule has 0 aliphatic carbocycles. The van der Waals surface area contributed by atoms with Gasteiger partial charge in [-0.05, 0) is 13.8 Å². The van der Waals surface area contributed by atoms with Crippen LogP contribution in [-0.4, -0.2) is 34.6 Å². The maximum atomic E-state index is 11.1. The van der Waals surface area contributed by atoms with Crippen molar-refractivity contribution in [3.63, 3.8) is 0 Å². The number of nitrogens with zero attached hydrogens (tertiary/aromatic N) is 1. The number of aliphatic hydroxyl groups is 1. The highest BCUT2D eigenvalue weighted by Gasteiger charge is 2.39. The fourth-order valence-electron chi connectivity index (χ4n) is 1.20. The minimum absolute atomic E-state index is 0.130. The molecule has 1 saturated heterocycles. The predicted octanol–water partition coefficient (Wildman–Crippen LogP) is -0.0104. The van der Waals surface area contributed by atoms with E-state index >= 15 is 0 Å². The highest BCUT2D eigenvalue weighted by molar-refractivity contribution is 5.86. The molecule has 1 amide bonds. The number of rotatable bonds is 1. The Morgan fingerprint density at radius 2 is 2.40 bits per heavy atom. The average molecular weight is 143 g/mol. The molecule has 10 heavy (non-hydrogen) atoms. The third-order valence-electron chi connectivity index (χ3n) is 2.00. The van der Waals surface area contributed by atoms with Crippen molar-refractivity contribution in [3.8, 4) is 0 Å². The molecule has 0 spiro atoms. The van der Waals surface area contributed by atoms with Gasteiger partial charge in [0, 0.05) is 19.5 Å². The summed E-state index contributed by atoms with van der Waals surface area (Å²) in [7, 11) is 0. The fourth-order valence-corrected chi connectivity index (χ4v) is 1.20. The third kappa shape index (κ3) is 1.01. The van der Waals surface area contributed by atoms with Crippen molar-refractivity contribution in [3.05, 3.63) is 0 Å². The summed E-state index contributed by atoms with van der Waals surface area (Å²) in [5, 5.41) is 9.37. The Morgan fingerprint density at radius 3 is 2.60 bits per heavy atom. The topological polar surface area (TPSA) is 40.5 Å². The van der Waals surface area contributed by atoms with Crippen LogP contribution in [0.2, 0.25) is 0 Å². The van der Waals surface area contributed by atoms with Gasteiger partial charge in [0.15, 0.2) is 0 Å². The summed E-state index contributed by atoms with van der Waals surface area (Å²) in [6.45, 7) is 4.89. The molecule has 1 aliphatic heterocycles. The van der Waals surface area contributed by atoms with E-state index in [-0.39, 0.29) is 5.91 Å². The lowest BCUT2D eigenvalue weighted by molar-refractivity contribution is -0.141. The first kappa shape index (κ1) is 7.54. The van der Waals surface area contributed by atoms with E-state index in [0.717, 1.165) is 0 Å². The van der Waals surface area contributed by atoms with Crippen LogP contribution in [0, 0.1) is 0 Å². The van der Waals surface area contributed by atoms with E-state index in [0.29, 0.717) is 19.5 Å². The molecule has 0 bridgehead atoms. The van der Waals surface area contributed by atoms with Crippen molar-refractivity contribution in [2.75, 3.05) is 13.1 Å². The summed E-state index contributed by atoms with van der Waals surface area (Å²) in [6.07, 6.45) is 0.569. The fraction of sp³-hybridized carbons (Fsp3) is 0.857. The van der Waals surface area contributed by atoms with Gasteiger partial charge in [-0.25, -0.2) is 0 Å². The monoisotopic (exact) mass is 143 g/mol. The summed E-state index contributed by atoms with van der Waals surface area (Å²) in [6, 6.07) is 0. The van der Waals surface area contributed by atoms with Crippen LogP contribution < -0.4 is 0 Å². The van der Waals surface area contributed by atoms with Crippen molar-refractivity contribution < 1.29 is 9.90 Å². The van der Waals surface area contributed by atoms with Crippen LogP contribution >= 0.6 is 0 Å². The molecule has 1 heterocycles. The molecular weight excluding hydrogens is 130 g/mol. The Kier molecular flexibility index (Phi) is 1.68. The number of carbonyl (C=O) groups is 1. The van der Waals surface area contributed by atoms with Crippen molar-refractivity contribution in [1.82, 2.24) is 4.90 Å². The molecule has 0 saturated carbocycles. The molecule has 0 aromatic heterocycles. The van der Waals surface area contributed by atoms with Gasteiger partial charge in [-0.15, -0.1) is 0 Å². The van der Waals surface area contributed by atoms with Gasteiger partial charge in [0.1, 0.15) is 5.60 Å². The van der Waals surface area contributed by atoms with Crippen molar-refractivity contribution >= 4 is 5.91 Å². The zero-order chi connectivity index (χ0) is 7.78. The van der Waals surface area contributed by atoms with E-state index in [2.05, 4.69) is 0 Å². The number of hydrogen-bond acceptors (Lipinski definition) is 2. The minimum Gasteiger partial charge on any atom is -0.380 e. The van der Waals surface area contributed by atoms with Gasteiger partial charge in [-0.3, -0.25) is 4.79 Å². The summed E-state index contributed by atoms with van der Waals surface area (Å²) < 4.78 is 0. The maximum absolute atomic E-state index is 11.1. The normalized spacial score (nSPS) is 33.5. The summed E-state index contributed by atoms with van der Waals surface area (Å²) >= 11 is 0. The second kappa shape index (κ2) is 2.23. The van der Waals surface area contributed by atoms with Gasteiger partial charge in [0.2, 0.25) is 0 Å². The van der Waals surface area contributed by atoms with Gasteiger partial charge in [-0.1, -0.05) is 0 Å². The standard InChI is InChI=1S/C7H13NO2/c1-3-8-5-4-7(2,10)6(8)9/h10H,3-5H2,1-2H3. The van der Waals surface area contributed by atoms with Gasteiger partial charge < -0.3 is 10.0 Å². The highest BCUT2D eigenvalue weighted by atomic mass is 16.3. The van der Waals surface area contributed by atoms with Crippen LogP contribution in [0.1, 0.15) is 20.3 Å². The Bertz CT molecular complexity index is 154. The first-order chi connectivity index (χ1) is 4.58. The zero-order valence-corrected chi connectivity index (χ0v) is 6.42. The molecule has 1 unspecified atom stereocenters. The smallest absolute Gasteiger partial charge is 0.254 e. The van der Waals surface area contributed by atoms with Crippen LogP contribution in [0.5, 0.6) is 0 Å². The van der Waals surface area contributed by atoms with Gasteiger partial charge in [0.25, 0.3) is 5.91 Å². The molecule has 1 aliphatic rings. The Hall–Kier alpha value is -0.570. The number of likely N-dealkylation sites (N-methyl/N-ethyl adjacent to an activating group) is 1. The quantitative estimate of drug-likeness (QED) is 0.561. The van der Waals surface area contributed by atoms with Crippen molar-refractivity contribution in [1.29, 1.82) is 0 Å². The average Bonchev–Trinajstić information content (AvgIpc) is 2.10. The Morgan fingerprint density at radius 1 is 1.80 bits per heavy atom. The van der Waals surface area contributed by atoms with Crippen LogP contribution in [0.25, 0.3) is 0 Å². The van der Waals surface area contributed by atoms with Crippen molar-refractivity contribution in [2.24, 2.45) is 0 Å². The summed E-state index contributed by atoms with van der Waals surface area (Å²) in [5.74, 6) is -0.130. The van der Waals surface area contributed by atoms with E-state index in [1.54, 1.807) is 11.8 Å². The molecule has 1 N–H and O–H groups in total. The first-order valence-corrected chi connectivity index (χ1v) is 3.59. The largest absolute Gasteiger partial charge is 0.380 e. The number of hydrogen-bond donors (Lipinski definition) is 1. The second-order valence-electron chi connectivity index (χ2n) is 2.91. The molecule has 1 atom stereocenters. The first-order valence-electron chi connectivity index (χ1n) is 3.59. The molecule has 3 nitrogen and oxygen atoms in total. The second-order valence-corrected chi connectivity index (χ2v) is 2.91. The minimum atomic E-state index is -1.09. The lowest BCUT2D eigenvalue weighted by atomic mass is 10.1. The van der Waals surface area contributed by atoms with Crippen LogP contribution in [0.4, 0.5) is 0 Å². The van der Waals surface area contributed by atoms with Crippen molar-refractivity contribution in [2.45, 2.75) is 25.9 Å². The van der Waals surface area contributed by atoms with E-state index in [1.807, 2.05) is 6.92 Å². The predicted molar refractivity (Wildman–Crippen MR) is 37.5 cm³/mol. The zero-order valence-electron chi connectivity index (χ0n) is 6.42. The summed E-state index contributed by atoms with van der Waals surface area (Å²) in [4.78, 5) is 12.8. The molecular formula is C7H13NO2. The highest BCUT2D eigenvalue weighted by Crippen LogP contribution is 2.21. The van der Waals surface area contributed by atoms with E-state index in [4.69, 9.17) is 0 Å². The molecule has 0 aromatic carbocycles. The van der Waals surface area contributed by atoms with Crippen LogP contribution in [0.3, 0.4) is 0 Å². The van der Waals surface area contributed by atoms with Gasteiger partial charge in [-0.2, -0.15) is 0 Å². The Balaban J connectivity index is 2.67. The molecule has 3 heteroatoms. The van der Waals surface area contributed by atoms with Crippen LogP contribution in [0.15, 0.2) is 0 Å². The Labute approximate surface area is 60.6 Å². The lowest BCUT2D eigenvalue weighted by Crippen LogP contribution is -2.37. The number of carbonyl (C=O) groups excluding carboxylic acids is 1. The van der Waals surface area contributed by atoms with Crippen LogP contribution in [-0.2, 0) is 4.79 Å². The lowest BCUT2D eigenvalue weighted by Gasteiger charge is -2.16. The van der Waals surface area contributed by atoms with Gasteiger partial charge in [0.05, 0.1) is 0 Å². The molecule has 1 fully saturated rings. The summed E-state index contributed by atoms with van der Waals surface area (Å²) in [5.41, 5.74) is -1.09. The number of amides is 1. The molecule has 58 valence electrons. The molecule has 0 radical (unpaired) electrons. The van der Waals surface area contributed by atoms with E-state index in [9.17, 15) is 9.90 Å². The SMILES string of the molecule is CCN1CCC(C)(O)C1=O.